The molecule has 3 aromatic rings. The van der Waals surface area contributed by atoms with E-state index in [1.807, 2.05) is 49.4 Å². The van der Waals surface area contributed by atoms with Gasteiger partial charge < -0.3 is 4.74 Å². The van der Waals surface area contributed by atoms with Gasteiger partial charge in [-0.05, 0) is 30.5 Å². The molecule has 0 spiro atoms. The highest BCUT2D eigenvalue weighted by molar-refractivity contribution is 5.65. The van der Waals surface area contributed by atoms with Gasteiger partial charge >= 0.3 is 0 Å². The van der Waals surface area contributed by atoms with Crippen molar-refractivity contribution in [2.75, 3.05) is 0 Å². The summed E-state index contributed by atoms with van der Waals surface area (Å²) >= 11 is 0. The molecule has 0 aliphatic rings. The Bertz CT molecular complexity index is 798. The highest BCUT2D eigenvalue weighted by atomic mass is 16.5. The minimum Gasteiger partial charge on any atom is -0.439 e. The topological polar surface area (TPSA) is 35.0 Å². The predicted octanol–water partition coefficient (Wildman–Crippen LogP) is 5.37. The van der Waals surface area contributed by atoms with E-state index in [9.17, 15) is 0 Å². The number of benzene rings is 2. The van der Waals surface area contributed by atoms with Crippen LogP contribution in [-0.4, -0.2) is 9.97 Å². The van der Waals surface area contributed by atoms with E-state index in [0.29, 0.717) is 17.6 Å². The maximum atomic E-state index is 5.87. The van der Waals surface area contributed by atoms with Gasteiger partial charge in [0.2, 0.25) is 5.88 Å². The normalized spacial score (nSPS) is 10.8. The largest absolute Gasteiger partial charge is 0.439 e. The number of hydrogen-bond acceptors (Lipinski definition) is 3. The second-order valence-corrected chi connectivity index (χ2v) is 5.80. The Hall–Kier alpha value is -2.68. The number of para-hydroxylation sites is 1. The van der Waals surface area contributed by atoms with Gasteiger partial charge in [-0.2, -0.15) is 4.98 Å². The molecule has 116 valence electrons. The Balaban J connectivity index is 2.01. The van der Waals surface area contributed by atoms with Crippen LogP contribution in [-0.2, 0) is 0 Å². The first-order chi connectivity index (χ1) is 11.1. The van der Waals surface area contributed by atoms with E-state index in [0.717, 1.165) is 17.0 Å². The second kappa shape index (κ2) is 6.61. The Morgan fingerprint density at radius 3 is 2.30 bits per heavy atom. The van der Waals surface area contributed by atoms with Crippen LogP contribution < -0.4 is 4.74 Å². The van der Waals surface area contributed by atoms with Gasteiger partial charge in [-0.25, -0.2) is 4.98 Å². The third-order valence-electron chi connectivity index (χ3n) is 3.64. The molecule has 0 bridgehead atoms. The van der Waals surface area contributed by atoms with E-state index < -0.39 is 0 Å². The lowest BCUT2D eigenvalue weighted by Crippen LogP contribution is -1.98. The van der Waals surface area contributed by atoms with E-state index in [4.69, 9.17) is 4.74 Å². The quantitative estimate of drug-likeness (QED) is 0.650. The van der Waals surface area contributed by atoms with Crippen LogP contribution in [0.4, 0.5) is 0 Å². The molecule has 0 aliphatic carbocycles. The molecule has 3 heteroatoms. The number of hydrogen-bond donors (Lipinski definition) is 0. The van der Waals surface area contributed by atoms with Gasteiger partial charge in [0.05, 0.1) is 5.69 Å². The van der Waals surface area contributed by atoms with E-state index in [-0.39, 0.29) is 0 Å². The monoisotopic (exact) mass is 304 g/mol. The lowest BCUT2D eigenvalue weighted by atomic mass is 9.95. The molecule has 0 aliphatic heterocycles. The summed E-state index contributed by atoms with van der Waals surface area (Å²) in [6.45, 7) is 6.27. The summed E-state index contributed by atoms with van der Waals surface area (Å²) in [7, 11) is 0. The molecule has 0 radical (unpaired) electrons. The number of aryl methyl sites for hydroxylation is 1. The third-order valence-corrected chi connectivity index (χ3v) is 3.64. The minimum atomic E-state index is 0.431. The molecule has 0 fully saturated rings. The molecule has 0 saturated heterocycles. The van der Waals surface area contributed by atoms with E-state index in [1.54, 1.807) is 0 Å². The Morgan fingerprint density at radius 1 is 0.870 bits per heavy atom. The highest BCUT2D eigenvalue weighted by Gasteiger charge is 2.12. The summed E-state index contributed by atoms with van der Waals surface area (Å²) in [4.78, 5) is 8.99. The van der Waals surface area contributed by atoms with Gasteiger partial charge in [0.1, 0.15) is 11.6 Å². The van der Waals surface area contributed by atoms with E-state index in [1.165, 1.54) is 5.56 Å². The first kappa shape index (κ1) is 15.2. The molecule has 1 aromatic heterocycles. The summed E-state index contributed by atoms with van der Waals surface area (Å²) in [5.41, 5.74) is 3.30. The van der Waals surface area contributed by atoms with Crippen molar-refractivity contribution in [2.45, 2.75) is 26.7 Å². The van der Waals surface area contributed by atoms with Gasteiger partial charge in [-0.1, -0.05) is 56.3 Å². The van der Waals surface area contributed by atoms with Crippen LogP contribution >= 0.6 is 0 Å². The molecule has 3 rings (SSSR count). The second-order valence-electron chi connectivity index (χ2n) is 5.80. The smallest absolute Gasteiger partial charge is 0.223 e. The zero-order chi connectivity index (χ0) is 16.2. The fourth-order valence-corrected chi connectivity index (χ4v) is 2.57. The molecule has 0 unspecified atom stereocenters. The van der Waals surface area contributed by atoms with Gasteiger partial charge in [0, 0.05) is 11.6 Å². The zero-order valence-corrected chi connectivity index (χ0v) is 13.7. The molecular formula is C20H20N2O. The average molecular weight is 304 g/mol. The molecule has 2 aromatic carbocycles. The number of rotatable bonds is 4. The standard InChI is InChI=1S/C20H20N2O/c1-14(2)17-11-7-8-12-18(17)19-13-20(22-15(3)21-19)23-16-9-5-4-6-10-16/h4-14H,1-3H3. The summed E-state index contributed by atoms with van der Waals surface area (Å²) in [5, 5.41) is 0. The maximum Gasteiger partial charge on any atom is 0.223 e. The number of aromatic nitrogens is 2. The Morgan fingerprint density at radius 2 is 1.57 bits per heavy atom. The molecule has 23 heavy (non-hydrogen) atoms. The van der Waals surface area contributed by atoms with Crippen LogP contribution in [0.3, 0.4) is 0 Å². The van der Waals surface area contributed by atoms with Gasteiger partial charge in [-0.15, -0.1) is 0 Å². The first-order valence-electron chi connectivity index (χ1n) is 7.81. The minimum absolute atomic E-state index is 0.431. The summed E-state index contributed by atoms with van der Waals surface area (Å²) in [6, 6.07) is 19.9. The molecule has 0 amide bonds. The molecule has 0 atom stereocenters. The van der Waals surface area contributed by atoms with Crippen molar-refractivity contribution in [3.8, 4) is 22.9 Å². The van der Waals surface area contributed by atoms with Crippen LogP contribution in [0, 0.1) is 6.92 Å². The van der Waals surface area contributed by atoms with Crippen LogP contribution in [0.2, 0.25) is 0 Å². The SMILES string of the molecule is Cc1nc(Oc2ccccc2)cc(-c2ccccc2C(C)C)n1. The fourth-order valence-electron chi connectivity index (χ4n) is 2.57. The van der Waals surface area contributed by atoms with Crippen molar-refractivity contribution in [3.05, 3.63) is 72.1 Å². The highest BCUT2D eigenvalue weighted by Crippen LogP contribution is 2.30. The Kier molecular flexibility index (Phi) is 4.38. The van der Waals surface area contributed by atoms with E-state index >= 15 is 0 Å². The van der Waals surface area contributed by atoms with Crippen molar-refractivity contribution in [3.63, 3.8) is 0 Å². The fraction of sp³-hybridized carbons (Fsp3) is 0.200. The lowest BCUT2D eigenvalue weighted by Gasteiger charge is -2.13. The van der Waals surface area contributed by atoms with Crippen molar-refractivity contribution in [2.24, 2.45) is 0 Å². The Labute approximate surface area is 137 Å². The number of nitrogens with zero attached hydrogens (tertiary/aromatic N) is 2. The van der Waals surface area contributed by atoms with Crippen LogP contribution in [0.25, 0.3) is 11.3 Å². The molecule has 1 heterocycles. The average Bonchev–Trinajstić information content (AvgIpc) is 2.55. The summed E-state index contributed by atoms with van der Waals surface area (Å²) in [5.74, 6) is 2.47. The summed E-state index contributed by atoms with van der Waals surface area (Å²) < 4.78 is 5.87. The lowest BCUT2D eigenvalue weighted by molar-refractivity contribution is 0.460. The third kappa shape index (κ3) is 3.57. The van der Waals surface area contributed by atoms with E-state index in [2.05, 4.69) is 42.0 Å². The van der Waals surface area contributed by atoms with Crippen molar-refractivity contribution >= 4 is 0 Å². The van der Waals surface area contributed by atoms with Gasteiger partial charge in [0.25, 0.3) is 0 Å². The molecule has 3 nitrogen and oxygen atoms in total. The summed E-state index contributed by atoms with van der Waals surface area (Å²) in [6.07, 6.45) is 0. The van der Waals surface area contributed by atoms with Crippen LogP contribution in [0.1, 0.15) is 31.2 Å². The van der Waals surface area contributed by atoms with Gasteiger partial charge in [0.15, 0.2) is 0 Å². The molecule has 0 N–H and O–H groups in total. The predicted molar refractivity (Wildman–Crippen MR) is 92.8 cm³/mol. The van der Waals surface area contributed by atoms with Crippen molar-refractivity contribution in [1.82, 2.24) is 9.97 Å². The molecular weight excluding hydrogens is 284 g/mol. The number of ether oxygens (including phenoxy) is 1. The molecule has 0 saturated carbocycles. The van der Waals surface area contributed by atoms with Crippen LogP contribution in [0.5, 0.6) is 11.6 Å². The first-order valence-corrected chi connectivity index (χ1v) is 7.81. The van der Waals surface area contributed by atoms with Gasteiger partial charge in [-0.3, -0.25) is 0 Å². The van der Waals surface area contributed by atoms with Crippen LogP contribution in [0.15, 0.2) is 60.7 Å². The zero-order valence-electron chi connectivity index (χ0n) is 13.7. The van der Waals surface area contributed by atoms with Crippen molar-refractivity contribution < 1.29 is 4.74 Å². The maximum absolute atomic E-state index is 5.87. The van der Waals surface area contributed by atoms with Crippen molar-refractivity contribution in [1.29, 1.82) is 0 Å².